The number of hydrogen-bond acceptors (Lipinski definition) is 6. The predicted octanol–water partition coefficient (Wildman–Crippen LogP) is 0.518. The molecular weight excluding hydrogens is 286 g/mol. The zero-order valence-corrected chi connectivity index (χ0v) is 12.7. The first-order valence-corrected chi connectivity index (χ1v) is 8.00. The van der Waals surface area contributed by atoms with Crippen LogP contribution in [0.5, 0.6) is 0 Å². The Bertz CT molecular complexity index is 604. The van der Waals surface area contributed by atoms with Crippen molar-refractivity contribution < 1.29 is 0 Å². The van der Waals surface area contributed by atoms with Crippen LogP contribution in [-0.4, -0.2) is 56.7 Å². The molecule has 21 heavy (non-hydrogen) atoms. The van der Waals surface area contributed by atoms with Gasteiger partial charge in [0.25, 0.3) is 5.56 Å². The van der Waals surface area contributed by atoms with Crippen LogP contribution in [0.4, 0.5) is 0 Å². The Morgan fingerprint density at radius 1 is 1.14 bits per heavy atom. The van der Waals surface area contributed by atoms with Crippen molar-refractivity contribution in [2.24, 2.45) is 0 Å². The van der Waals surface area contributed by atoms with E-state index in [-0.39, 0.29) is 5.56 Å². The lowest BCUT2D eigenvalue weighted by atomic mass is 10.2. The fraction of sp³-hybridized carbons (Fsp3) is 0.500. The first kappa shape index (κ1) is 14.4. The molecule has 0 saturated carbocycles. The minimum atomic E-state index is -0.0268. The highest BCUT2D eigenvalue weighted by Gasteiger charge is 2.17. The predicted molar refractivity (Wildman–Crippen MR) is 82.3 cm³/mol. The van der Waals surface area contributed by atoms with Crippen molar-refractivity contribution in [2.45, 2.75) is 13.1 Å². The van der Waals surface area contributed by atoms with Gasteiger partial charge in [0, 0.05) is 63.1 Å². The highest BCUT2D eigenvalue weighted by atomic mass is 32.1. The monoisotopic (exact) mass is 305 g/mol. The molecule has 3 rings (SSSR count). The third-order valence-electron chi connectivity index (χ3n) is 3.77. The Hall–Kier alpha value is -1.57. The number of hydrogen-bond donors (Lipinski definition) is 0. The fourth-order valence-corrected chi connectivity index (χ4v) is 3.05. The van der Waals surface area contributed by atoms with Gasteiger partial charge in [-0.25, -0.2) is 9.06 Å². The van der Waals surface area contributed by atoms with E-state index in [1.54, 1.807) is 18.3 Å². The highest BCUT2D eigenvalue weighted by Crippen LogP contribution is 2.09. The number of nitrogens with zero attached hydrogens (tertiary/aromatic N) is 5. The molecule has 1 saturated heterocycles. The Labute approximate surface area is 127 Å². The highest BCUT2D eigenvalue weighted by molar-refractivity contribution is 7.03. The molecule has 3 heterocycles. The van der Waals surface area contributed by atoms with E-state index in [9.17, 15) is 4.79 Å². The summed E-state index contributed by atoms with van der Waals surface area (Å²) in [7, 11) is 0. The summed E-state index contributed by atoms with van der Waals surface area (Å²) in [6.07, 6.45) is 3.61. The molecule has 0 atom stereocenters. The standard InChI is InChI=1S/C14H19N5OS/c20-14-2-1-3-15-19(14)9-8-17-4-6-18(7-5-17)11-13-10-16-21-12-13/h1-3,10,12H,4-9,11H2. The summed E-state index contributed by atoms with van der Waals surface area (Å²) in [4.78, 5) is 16.4. The van der Waals surface area contributed by atoms with E-state index < -0.39 is 0 Å². The van der Waals surface area contributed by atoms with Crippen molar-refractivity contribution >= 4 is 11.5 Å². The Balaban J connectivity index is 1.44. The van der Waals surface area contributed by atoms with Gasteiger partial charge in [-0.2, -0.15) is 5.10 Å². The number of piperazine rings is 1. The maximum absolute atomic E-state index is 11.6. The smallest absolute Gasteiger partial charge is 0.266 e. The van der Waals surface area contributed by atoms with Gasteiger partial charge in [-0.3, -0.25) is 14.6 Å². The quantitative estimate of drug-likeness (QED) is 0.806. The molecule has 1 aliphatic rings. The van der Waals surface area contributed by atoms with Gasteiger partial charge in [0.15, 0.2) is 0 Å². The lowest BCUT2D eigenvalue weighted by Gasteiger charge is -2.34. The summed E-state index contributed by atoms with van der Waals surface area (Å²) >= 11 is 1.51. The summed E-state index contributed by atoms with van der Waals surface area (Å²) < 4.78 is 5.67. The summed E-state index contributed by atoms with van der Waals surface area (Å²) in [5.74, 6) is 0. The Kier molecular flexibility index (Phi) is 4.74. The van der Waals surface area contributed by atoms with E-state index >= 15 is 0 Å². The van der Waals surface area contributed by atoms with Crippen LogP contribution in [-0.2, 0) is 13.1 Å². The van der Waals surface area contributed by atoms with Gasteiger partial charge in [-0.05, 0) is 23.2 Å². The molecule has 0 radical (unpaired) electrons. The van der Waals surface area contributed by atoms with Crippen LogP contribution in [0.1, 0.15) is 5.56 Å². The van der Waals surface area contributed by atoms with Crippen LogP contribution in [0.15, 0.2) is 34.7 Å². The van der Waals surface area contributed by atoms with E-state index in [0.717, 1.165) is 39.3 Å². The Morgan fingerprint density at radius 3 is 2.67 bits per heavy atom. The second-order valence-electron chi connectivity index (χ2n) is 5.24. The number of rotatable bonds is 5. The van der Waals surface area contributed by atoms with Gasteiger partial charge in [-0.15, -0.1) is 0 Å². The Morgan fingerprint density at radius 2 is 1.95 bits per heavy atom. The molecule has 6 nitrogen and oxygen atoms in total. The van der Waals surface area contributed by atoms with E-state index in [1.165, 1.54) is 21.8 Å². The molecule has 1 aliphatic heterocycles. The molecular formula is C14H19N5OS. The second-order valence-corrected chi connectivity index (χ2v) is 5.89. The maximum Gasteiger partial charge on any atom is 0.266 e. The minimum Gasteiger partial charge on any atom is -0.299 e. The summed E-state index contributed by atoms with van der Waals surface area (Å²) in [6, 6.07) is 3.23. The SMILES string of the molecule is O=c1cccnn1CCN1CCN(Cc2cnsc2)CC1. The summed E-state index contributed by atoms with van der Waals surface area (Å²) in [5.41, 5.74) is 1.27. The average molecular weight is 305 g/mol. The first-order valence-electron chi connectivity index (χ1n) is 7.16. The van der Waals surface area contributed by atoms with Crippen LogP contribution in [0.3, 0.4) is 0 Å². The van der Waals surface area contributed by atoms with Crippen LogP contribution in [0.2, 0.25) is 0 Å². The molecule has 0 spiro atoms. The number of aromatic nitrogens is 3. The van der Waals surface area contributed by atoms with Gasteiger partial charge >= 0.3 is 0 Å². The van der Waals surface area contributed by atoms with Crippen molar-refractivity contribution in [1.82, 2.24) is 24.0 Å². The van der Waals surface area contributed by atoms with Crippen molar-refractivity contribution in [3.05, 3.63) is 45.8 Å². The van der Waals surface area contributed by atoms with Crippen LogP contribution < -0.4 is 5.56 Å². The van der Waals surface area contributed by atoms with Crippen molar-refractivity contribution in [3.8, 4) is 0 Å². The van der Waals surface area contributed by atoms with E-state index in [1.807, 2.05) is 6.20 Å². The average Bonchev–Trinajstić information content (AvgIpc) is 3.01. The largest absolute Gasteiger partial charge is 0.299 e. The topological polar surface area (TPSA) is 54.3 Å². The van der Waals surface area contributed by atoms with Gasteiger partial charge in [0.2, 0.25) is 0 Å². The molecule has 0 aliphatic carbocycles. The summed E-state index contributed by atoms with van der Waals surface area (Å²) in [5, 5.41) is 6.20. The molecule has 1 fully saturated rings. The maximum atomic E-state index is 11.6. The lowest BCUT2D eigenvalue weighted by Crippen LogP contribution is -2.47. The lowest BCUT2D eigenvalue weighted by molar-refractivity contribution is 0.122. The zero-order valence-electron chi connectivity index (χ0n) is 11.9. The molecule has 7 heteroatoms. The van der Waals surface area contributed by atoms with E-state index in [2.05, 4.69) is 24.7 Å². The van der Waals surface area contributed by atoms with Crippen molar-refractivity contribution in [1.29, 1.82) is 0 Å². The molecule has 0 unspecified atom stereocenters. The second kappa shape index (κ2) is 6.93. The van der Waals surface area contributed by atoms with Crippen LogP contribution >= 0.6 is 11.5 Å². The molecule has 112 valence electrons. The molecule has 0 bridgehead atoms. The fourth-order valence-electron chi connectivity index (χ4n) is 2.53. The summed E-state index contributed by atoms with van der Waals surface area (Å²) in [6.45, 7) is 6.74. The molecule has 0 amide bonds. The van der Waals surface area contributed by atoms with Crippen LogP contribution in [0.25, 0.3) is 0 Å². The van der Waals surface area contributed by atoms with Gasteiger partial charge in [-0.1, -0.05) is 0 Å². The molecule has 0 N–H and O–H groups in total. The van der Waals surface area contributed by atoms with Gasteiger partial charge in [0.1, 0.15) is 0 Å². The van der Waals surface area contributed by atoms with Crippen LogP contribution in [0, 0.1) is 0 Å². The minimum absolute atomic E-state index is 0.0268. The van der Waals surface area contributed by atoms with E-state index in [4.69, 9.17) is 0 Å². The van der Waals surface area contributed by atoms with Gasteiger partial charge in [0.05, 0.1) is 6.54 Å². The van der Waals surface area contributed by atoms with Gasteiger partial charge < -0.3 is 0 Å². The third kappa shape index (κ3) is 3.96. The van der Waals surface area contributed by atoms with Crippen molar-refractivity contribution in [3.63, 3.8) is 0 Å². The normalized spacial score (nSPS) is 17.1. The van der Waals surface area contributed by atoms with Crippen molar-refractivity contribution in [2.75, 3.05) is 32.7 Å². The molecule has 2 aromatic heterocycles. The molecule has 0 aromatic carbocycles. The first-order chi connectivity index (χ1) is 10.3. The zero-order chi connectivity index (χ0) is 14.5. The van der Waals surface area contributed by atoms with E-state index in [0.29, 0.717) is 6.54 Å². The third-order valence-corrected chi connectivity index (χ3v) is 4.40. The molecule has 2 aromatic rings.